The summed E-state index contributed by atoms with van der Waals surface area (Å²) < 4.78 is 5.21. The average Bonchev–Trinajstić information content (AvgIpc) is 3.50. The number of aromatic nitrogens is 4. The second-order valence-electron chi connectivity index (χ2n) is 8.35. The summed E-state index contributed by atoms with van der Waals surface area (Å²) in [5.74, 6) is 2.27. The van der Waals surface area contributed by atoms with Gasteiger partial charge in [0.2, 0.25) is 0 Å². The molecule has 3 aromatic heterocycles. The van der Waals surface area contributed by atoms with E-state index in [4.69, 9.17) is 9.51 Å². The van der Waals surface area contributed by atoms with E-state index in [1.54, 1.807) is 13.8 Å². The molecule has 1 aliphatic carbocycles. The number of H-pyrrole nitrogens is 1. The summed E-state index contributed by atoms with van der Waals surface area (Å²) in [4.78, 5) is 26.1. The van der Waals surface area contributed by atoms with Crippen LogP contribution in [0, 0.1) is 13.8 Å². The van der Waals surface area contributed by atoms with Crippen molar-refractivity contribution < 1.29 is 9.32 Å². The molecule has 1 aliphatic rings. The Morgan fingerprint density at radius 3 is 2.78 bits per heavy atom. The van der Waals surface area contributed by atoms with Gasteiger partial charge in [0.05, 0.1) is 17.4 Å². The topological polar surface area (TPSA) is 109 Å². The van der Waals surface area contributed by atoms with Crippen molar-refractivity contribution in [1.29, 1.82) is 0 Å². The molecule has 32 heavy (non-hydrogen) atoms. The van der Waals surface area contributed by atoms with Gasteiger partial charge >= 0.3 is 0 Å². The zero-order valence-corrected chi connectivity index (χ0v) is 18.4. The van der Waals surface area contributed by atoms with Gasteiger partial charge in [0.25, 0.3) is 5.91 Å². The Morgan fingerprint density at radius 2 is 2.06 bits per heavy atom. The van der Waals surface area contributed by atoms with Crippen LogP contribution in [0.15, 0.2) is 41.1 Å². The lowest BCUT2D eigenvalue weighted by molar-refractivity contribution is 0.0933. The number of nitrogens with zero attached hydrogens (tertiary/aromatic N) is 3. The maximum atomic E-state index is 13.2. The molecular formula is C24H26N6O2. The quantitative estimate of drug-likeness (QED) is 0.406. The van der Waals surface area contributed by atoms with E-state index in [0.717, 1.165) is 46.6 Å². The van der Waals surface area contributed by atoms with Crippen LogP contribution in [-0.4, -0.2) is 33.1 Å². The zero-order chi connectivity index (χ0) is 22.2. The van der Waals surface area contributed by atoms with Crippen LogP contribution in [-0.2, 0) is 6.42 Å². The smallest absolute Gasteiger partial charge is 0.257 e. The Hall–Kier alpha value is -3.68. The molecule has 0 spiro atoms. The third-order valence-corrected chi connectivity index (χ3v) is 5.98. The Morgan fingerprint density at radius 1 is 1.25 bits per heavy atom. The van der Waals surface area contributed by atoms with Crippen LogP contribution in [0.5, 0.6) is 0 Å². The summed E-state index contributed by atoms with van der Waals surface area (Å²) in [6.45, 7) is 3.52. The first-order chi connectivity index (χ1) is 15.5. The average molecular weight is 431 g/mol. The van der Waals surface area contributed by atoms with Gasteiger partial charge in [-0.15, -0.1) is 0 Å². The third kappa shape index (κ3) is 3.84. The van der Waals surface area contributed by atoms with Crippen LogP contribution in [0.3, 0.4) is 0 Å². The van der Waals surface area contributed by atoms with Gasteiger partial charge in [-0.25, -0.2) is 9.97 Å². The molecule has 1 aromatic carbocycles. The molecule has 8 heteroatoms. The van der Waals surface area contributed by atoms with Gasteiger partial charge in [0, 0.05) is 42.6 Å². The SMILES string of the molecule is CNc1cc([C@@H](Cc2c[nH]c3ccccc23)NC(=O)c2c(C)noc2C)nc(C2CC2)n1. The fraction of sp³-hybridized carbons (Fsp3) is 0.333. The molecule has 164 valence electrons. The van der Waals surface area contributed by atoms with Crippen molar-refractivity contribution in [3.8, 4) is 0 Å². The molecule has 3 N–H and O–H groups in total. The van der Waals surface area contributed by atoms with Crippen molar-refractivity contribution >= 4 is 22.6 Å². The molecule has 8 nitrogen and oxygen atoms in total. The van der Waals surface area contributed by atoms with Gasteiger partial charge in [-0.2, -0.15) is 0 Å². The first-order valence-corrected chi connectivity index (χ1v) is 10.9. The highest BCUT2D eigenvalue weighted by atomic mass is 16.5. The van der Waals surface area contributed by atoms with Crippen molar-refractivity contribution in [2.24, 2.45) is 0 Å². The molecule has 0 bridgehead atoms. The van der Waals surface area contributed by atoms with E-state index in [-0.39, 0.29) is 11.9 Å². The fourth-order valence-electron chi connectivity index (χ4n) is 4.10. The summed E-state index contributed by atoms with van der Waals surface area (Å²) >= 11 is 0. The number of anilines is 1. The third-order valence-electron chi connectivity index (χ3n) is 5.98. The van der Waals surface area contributed by atoms with E-state index in [0.29, 0.717) is 29.4 Å². The van der Waals surface area contributed by atoms with Crippen molar-refractivity contribution in [1.82, 2.24) is 25.4 Å². The summed E-state index contributed by atoms with van der Waals surface area (Å²) in [7, 11) is 1.85. The largest absolute Gasteiger partial charge is 0.373 e. The Kier molecular flexibility index (Phi) is 5.13. The highest BCUT2D eigenvalue weighted by molar-refractivity contribution is 5.96. The van der Waals surface area contributed by atoms with E-state index in [1.165, 1.54) is 0 Å². The first-order valence-electron chi connectivity index (χ1n) is 10.9. The molecule has 1 fully saturated rings. The predicted molar refractivity (Wildman–Crippen MR) is 122 cm³/mol. The number of rotatable bonds is 7. The van der Waals surface area contributed by atoms with Crippen LogP contribution < -0.4 is 10.6 Å². The van der Waals surface area contributed by atoms with Crippen molar-refractivity contribution in [2.75, 3.05) is 12.4 Å². The highest BCUT2D eigenvalue weighted by Gasteiger charge is 2.29. The van der Waals surface area contributed by atoms with E-state index in [9.17, 15) is 4.79 Å². The normalized spacial score (nSPS) is 14.5. The van der Waals surface area contributed by atoms with Crippen molar-refractivity contribution in [3.05, 3.63) is 70.6 Å². The summed E-state index contributed by atoms with van der Waals surface area (Å²) in [6, 6.07) is 9.73. The molecule has 1 atom stereocenters. The molecule has 3 heterocycles. The Bertz CT molecular complexity index is 1270. The zero-order valence-electron chi connectivity index (χ0n) is 18.4. The number of benzene rings is 1. The molecular weight excluding hydrogens is 404 g/mol. The molecule has 1 amide bonds. The summed E-state index contributed by atoms with van der Waals surface area (Å²) in [6.07, 6.45) is 4.79. The second kappa shape index (κ2) is 8.11. The van der Waals surface area contributed by atoms with Crippen LogP contribution in [0.25, 0.3) is 10.9 Å². The van der Waals surface area contributed by atoms with Crippen LogP contribution >= 0.6 is 0 Å². The molecule has 0 aliphatic heterocycles. The minimum absolute atomic E-state index is 0.219. The minimum atomic E-state index is -0.344. The lowest BCUT2D eigenvalue weighted by atomic mass is 10.0. The number of hydrogen-bond donors (Lipinski definition) is 3. The number of hydrogen-bond acceptors (Lipinski definition) is 6. The molecule has 4 aromatic rings. The highest BCUT2D eigenvalue weighted by Crippen LogP contribution is 2.39. The number of nitrogens with one attached hydrogen (secondary N) is 3. The Labute approximate surface area is 185 Å². The van der Waals surface area contributed by atoms with Gasteiger partial charge in [-0.05, 0) is 38.3 Å². The first kappa shape index (κ1) is 20.2. The molecule has 1 saturated carbocycles. The molecule has 0 radical (unpaired) electrons. The van der Waals surface area contributed by atoms with Crippen LogP contribution in [0.4, 0.5) is 5.82 Å². The number of carbonyl (C=O) groups excluding carboxylic acids is 1. The summed E-state index contributed by atoms with van der Waals surface area (Å²) in [5.41, 5.74) is 4.01. The Balaban J connectivity index is 1.54. The number of aryl methyl sites for hydroxylation is 2. The predicted octanol–water partition coefficient (Wildman–Crippen LogP) is 4.20. The number of aromatic amines is 1. The number of para-hydroxylation sites is 1. The molecule has 5 rings (SSSR count). The van der Waals surface area contributed by atoms with Gasteiger partial charge in [0.1, 0.15) is 23.0 Å². The number of amides is 1. The molecule has 0 unspecified atom stereocenters. The lowest BCUT2D eigenvalue weighted by Crippen LogP contribution is -2.31. The van der Waals surface area contributed by atoms with Crippen molar-refractivity contribution in [2.45, 2.75) is 45.1 Å². The van der Waals surface area contributed by atoms with Crippen LogP contribution in [0.2, 0.25) is 0 Å². The van der Waals surface area contributed by atoms with Gasteiger partial charge in [0.15, 0.2) is 0 Å². The maximum Gasteiger partial charge on any atom is 0.257 e. The standard InChI is InChI=1S/C24H26N6O2/c1-13-22(14(2)32-30-13)24(31)28-19(10-16-12-26-18-7-5-4-6-17(16)18)20-11-21(25-3)29-23(27-20)15-8-9-15/h4-7,11-12,15,19,26H,8-10H2,1-3H3,(H,28,31)(H,25,27,29)/t19-/m1/s1. The van der Waals surface area contributed by atoms with Crippen LogP contribution in [0.1, 0.15) is 63.7 Å². The number of fused-ring (bicyclic) bond motifs is 1. The number of carbonyl (C=O) groups is 1. The summed E-state index contributed by atoms with van der Waals surface area (Å²) in [5, 5.41) is 11.4. The van der Waals surface area contributed by atoms with Gasteiger partial charge < -0.3 is 20.1 Å². The van der Waals surface area contributed by atoms with E-state index >= 15 is 0 Å². The monoisotopic (exact) mass is 430 g/mol. The van der Waals surface area contributed by atoms with E-state index in [2.05, 4.69) is 31.8 Å². The second-order valence-corrected chi connectivity index (χ2v) is 8.35. The van der Waals surface area contributed by atoms with E-state index < -0.39 is 0 Å². The van der Waals surface area contributed by atoms with Gasteiger partial charge in [-0.3, -0.25) is 4.79 Å². The maximum absolute atomic E-state index is 13.2. The molecule has 0 saturated heterocycles. The minimum Gasteiger partial charge on any atom is -0.373 e. The lowest BCUT2D eigenvalue weighted by Gasteiger charge is -2.20. The van der Waals surface area contributed by atoms with E-state index in [1.807, 2.05) is 37.5 Å². The van der Waals surface area contributed by atoms with Gasteiger partial charge in [-0.1, -0.05) is 23.4 Å². The van der Waals surface area contributed by atoms with Crippen molar-refractivity contribution in [3.63, 3.8) is 0 Å². The fourth-order valence-corrected chi connectivity index (χ4v) is 4.10.